The topological polar surface area (TPSA) is 45.5 Å². The Morgan fingerprint density at radius 2 is 2.11 bits per heavy atom. The van der Waals surface area contributed by atoms with Crippen LogP contribution >= 0.6 is 12.4 Å². The van der Waals surface area contributed by atoms with Crippen LogP contribution in [0, 0.1) is 0 Å². The number of nitrogens with zero attached hydrogens (tertiary/aromatic N) is 1. The predicted molar refractivity (Wildman–Crippen MR) is 72.2 cm³/mol. The number of carbonyl (C=O) groups excluding carboxylic acids is 1. The highest BCUT2D eigenvalue weighted by Gasteiger charge is 2.27. The van der Waals surface area contributed by atoms with E-state index in [4.69, 9.17) is 4.42 Å². The summed E-state index contributed by atoms with van der Waals surface area (Å²) in [7, 11) is 1.84. The van der Waals surface area contributed by atoms with Crippen molar-refractivity contribution in [1.82, 2.24) is 10.2 Å². The molecular weight excluding hydrogens is 252 g/mol. The first-order valence-electron chi connectivity index (χ1n) is 5.71. The van der Waals surface area contributed by atoms with Crippen LogP contribution in [0.4, 0.5) is 0 Å². The van der Waals surface area contributed by atoms with E-state index in [1.165, 1.54) is 0 Å². The van der Waals surface area contributed by atoms with Crippen molar-refractivity contribution in [1.29, 1.82) is 0 Å². The molecule has 1 aromatic carbocycles. The molecule has 0 atom stereocenters. The van der Waals surface area contributed by atoms with Gasteiger partial charge in [-0.2, -0.15) is 0 Å². The van der Waals surface area contributed by atoms with E-state index in [1.54, 1.807) is 11.2 Å². The highest BCUT2D eigenvalue weighted by atomic mass is 35.5. The molecule has 2 aromatic rings. The van der Waals surface area contributed by atoms with Crippen molar-refractivity contribution in [3.8, 4) is 0 Å². The lowest BCUT2D eigenvalue weighted by molar-refractivity contribution is 0.0682. The molecule has 1 amide bonds. The van der Waals surface area contributed by atoms with Crippen LogP contribution in [0.15, 0.2) is 34.9 Å². The Labute approximate surface area is 111 Å². The van der Waals surface area contributed by atoms with E-state index in [0.717, 1.165) is 24.1 Å². The molecule has 1 fully saturated rings. The fourth-order valence-electron chi connectivity index (χ4n) is 2.05. The van der Waals surface area contributed by atoms with E-state index >= 15 is 0 Å². The maximum atomic E-state index is 12.3. The van der Waals surface area contributed by atoms with Gasteiger partial charge in [-0.1, -0.05) is 18.2 Å². The summed E-state index contributed by atoms with van der Waals surface area (Å²) in [6.45, 7) is 1.75. The summed E-state index contributed by atoms with van der Waals surface area (Å²) < 4.78 is 5.39. The molecule has 0 radical (unpaired) electrons. The number of likely N-dealkylation sites (N-methyl/N-ethyl adjacent to an activating group) is 1. The van der Waals surface area contributed by atoms with Crippen LogP contribution in [0.25, 0.3) is 11.0 Å². The minimum Gasteiger partial charge on any atom is -0.463 e. The molecule has 18 heavy (non-hydrogen) atoms. The van der Waals surface area contributed by atoms with Gasteiger partial charge in [-0.3, -0.25) is 4.79 Å². The Hall–Kier alpha value is -1.52. The second-order valence-electron chi connectivity index (χ2n) is 4.37. The molecule has 0 spiro atoms. The van der Waals surface area contributed by atoms with E-state index in [2.05, 4.69) is 5.32 Å². The third-order valence-corrected chi connectivity index (χ3v) is 3.34. The predicted octanol–water partition coefficient (Wildman–Crippen LogP) is 1.90. The monoisotopic (exact) mass is 266 g/mol. The molecule has 1 aliphatic heterocycles. The van der Waals surface area contributed by atoms with Crippen LogP contribution < -0.4 is 5.32 Å². The van der Waals surface area contributed by atoms with E-state index in [0.29, 0.717) is 11.6 Å². The zero-order valence-corrected chi connectivity index (χ0v) is 10.9. The zero-order valence-electron chi connectivity index (χ0n) is 10.1. The summed E-state index contributed by atoms with van der Waals surface area (Å²) in [4.78, 5) is 14.1. The maximum absolute atomic E-state index is 12.3. The standard InChI is InChI=1S/C13H14N2O2.ClH/c1-15(9-6-14-7-9)13(16)11-8-17-12-5-3-2-4-10(11)12;/h2-5,8-9,14H,6-7H2,1H3;1H. The smallest absolute Gasteiger partial charge is 0.257 e. The second-order valence-corrected chi connectivity index (χ2v) is 4.37. The number of amides is 1. The lowest BCUT2D eigenvalue weighted by Gasteiger charge is -2.35. The lowest BCUT2D eigenvalue weighted by atomic mass is 10.1. The van der Waals surface area contributed by atoms with Gasteiger partial charge < -0.3 is 14.6 Å². The molecule has 1 saturated heterocycles. The van der Waals surface area contributed by atoms with Crippen molar-refractivity contribution in [2.45, 2.75) is 6.04 Å². The van der Waals surface area contributed by atoms with Crippen molar-refractivity contribution in [3.05, 3.63) is 36.1 Å². The third-order valence-electron chi connectivity index (χ3n) is 3.34. The van der Waals surface area contributed by atoms with Gasteiger partial charge in [0.2, 0.25) is 0 Å². The number of nitrogens with one attached hydrogen (secondary N) is 1. The summed E-state index contributed by atoms with van der Waals surface area (Å²) in [5, 5.41) is 4.05. The molecule has 4 nitrogen and oxygen atoms in total. The van der Waals surface area contributed by atoms with Gasteiger partial charge in [-0.15, -0.1) is 12.4 Å². The van der Waals surface area contributed by atoms with E-state index < -0.39 is 0 Å². The van der Waals surface area contributed by atoms with Gasteiger partial charge in [0, 0.05) is 25.5 Å². The van der Waals surface area contributed by atoms with Crippen LogP contribution in [0.3, 0.4) is 0 Å². The highest BCUT2D eigenvalue weighted by Crippen LogP contribution is 2.22. The van der Waals surface area contributed by atoms with E-state index in [-0.39, 0.29) is 18.3 Å². The molecule has 1 aliphatic rings. The van der Waals surface area contributed by atoms with Gasteiger partial charge in [0.25, 0.3) is 5.91 Å². The summed E-state index contributed by atoms with van der Waals surface area (Å²) >= 11 is 0. The van der Waals surface area contributed by atoms with Crippen LogP contribution in [0.1, 0.15) is 10.4 Å². The molecule has 2 heterocycles. The number of carbonyl (C=O) groups is 1. The Kier molecular flexibility index (Phi) is 3.59. The minimum atomic E-state index is 0. The Bertz CT molecular complexity index is 563. The molecular formula is C13H15ClN2O2. The Morgan fingerprint density at radius 1 is 1.39 bits per heavy atom. The average Bonchev–Trinajstić information content (AvgIpc) is 2.69. The molecule has 0 bridgehead atoms. The Balaban J connectivity index is 0.00000120. The van der Waals surface area contributed by atoms with Crippen LogP contribution in [0.5, 0.6) is 0 Å². The third kappa shape index (κ3) is 1.98. The number of hydrogen-bond donors (Lipinski definition) is 1. The van der Waals surface area contributed by atoms with Crippen LogP contribution in [-0.4, -0.2) is 37.0 Å². The van der Waals surface area contributed by atoms with Crippen molar-refractivity contribution in [2.24, 2.45) is 0 Å². The number of fused-ring (bicyclic) bond motifs is 1. The molecule has 0 unspecified atom stereocenters. The summed E-state index contributed by atoms with van der Waals surface area (Å²) in [6, 6.07) is 7.91. The number of halogens is 1. The van der Waals surface area contributed by atoms with Crippen molar-refractivity contribution >= 4 is 29.3 Å². The average molecular weight is 267 g/mol. The fourth-order valence-corrected chi connectivity index (χ4v) is 2.05. The molecule has 0 saturated carbocycles. The number of benzene rings is 1. The molecule has 0 aliphatic carbocycles. The van der Waals surface area contributed by atoms with Crippen LogP contribution in [-0.2, 0) is 0 Å². The minimum absolute atomic E-state index is 0. The van der Waals surface area contributed by atoms with Crippen molar-refractivity contribution in [3.63, 3.8) is 0 Å². The largest absolute Gasteiger partial charge is 0.463 e. The first-order chi connectivity index (χ1) is 8.27. The molecule has 1 aromatic heterocycles. The molecule has 96 valence electrons. The first-order valence-corrected chi connectivity index (χ1v) is 5.71. The molecule has 3 rings (SSSR count). The van der Waals surface area contributed by atoms with Crippen molar-refractivity contribution in [2.75, 3.05) is 20.1 Å². The second kappa shape index (κ2) is 5.00. The van der Waals surface area contributed by atoms with Crippen LogP contribution in [0.2, 0.25) is 0 Å². The Morgan fingerprint density at radius 3 is 2.78 bits per heavy atom. The van der Waals surface area contributed by atoms with Gasteiger partial charge in [0.15, 0.2) is 0 Å². The quantitative estimate of drug-likeness (QED) is 0.903. The highest BCUT2D eigenvalue weighted by molar-refractivity contribution is 6.05. The number of para-hydroxylation sites is 1. The molecule has 1 N–H and O–H groups in total. The van der Waals surface area contributed by atoms with Gasteiger partial charge in [-0.25, -0.2) is 0 Å². The van der Waals surface area contributed by atoms with Gasteiger partial charge in [-0.05, 0) is 6.07 Å². The first kappa shape index (κ1) is 12.9. The van der Waals surface area contributed by atoms with Gasteiger partial charge >= 0.3 is 0 Å². The lowest BCUT2D eigenvalue weighted by Crippen LogP contribution is -2.57. The van der Waals surface area contributed by atoms with Gasteiger partial charge in [0.1, 0.15) is 11.8 Å². The number of hydrogen-bond acceptors (Lipinski definition) is 3. The summed E-state index contributed by atoms with van der Waals surface area (Å²) in [5.41, 5.74) is 1.41. The maximum Gasteiger partial charge on any atom is 0.257 e. The summed E-state index contributed by atoms with van der Waals surface area (Å²) in [6.07, 6.45) is 1.55. The van der Waals surface area contributed by atoms with Gasteiger partial charge in [0.05, 0.1) is 11.6 Å². The summed E-state index contributed by atoms with van der Waals surface area (Å²) in [5.74, 6) is 0.0291. The molecule has 5 heteroatoms. The van der Waals surface area contributed by atoms with E-state index in [1.807, 2.05) is 31.3 Å². The number of furan rings is 1. The van der Waals surface area contributed by atoms with Crippen molar-refractivity contribution < 1.29 is 9.21 Å². The SMILES string of the molecule is CN(C(=O)c1coc2ccccc12)C1CNC1.Cl. The zero-order chi connectivity index (χ0) is 11.8. The fraction of sp³-hybridized carbons (Fsp3) is 0.308. The normalized spacial score (nSPS) is 14.9. The van der Waals surface area contributed by atoms with E-state index in [9.17, 15) is 4.79 Å². The number of rotatable bonds is 2.